The SMILES string of the molecule is CCCCCCCCCCCCOc1ccc(N=Nc2ccc(N=Cc3ccc(C(=O)Oc4cccc(OC(=O)c5ccc(OC(=O)c6ccc(OCCCCCCCCCCCC)cc6)cc5)c4)cc3)cc2)cc1. The van der Waals surface area contributed by atoms with E-state index in [4.69, 9.17) is 23.7 Å². The Morgan fingerprint density at radius 3 is 1.12 bits per heavy atom. The molecule has 11 heteroatoms. The molecule has 0 aromatic heterocycles. The van der Waals surface area contributed by atoms with Crippen LogP contribution in [-0.4, -0.2) is 37.3 Å². The Morgan fingerprint density at radius 2 is 0.693 bits per heavy atom. The summed E-state index contributed by atoms with van der Waals surface area (Å²) in [7, 11) is 0. The molecule has 0 aliphatic heterocycles. The van der Waals surface area contributed by atoms with Crippen molar-refractivity contribution >= 4 is 41.2 Å². The molecule has 0 saturated heterocycles. The van der Waals surface area contributed by atoms with Gasteiger partial charge >= 0.3 is 17.9 Å². The van der Waals surface area contributed by atoms with E-state index in [1.165, 1.54) is 139 Å². The van der Waals surface area contributed by atoms with Crippen LogP contribution in [-0.2, 0) is 0 Å². The molecule has 6 rings (SSSR count). The first-order chi connectivity index (χ1) is 36.8. The highest BCUT2D eigenvalue weighted by atomic mass is 16.5. The Hall–Kier alpha value is -7.40. The second-order valence-electron chi connectivity index (χ2n) is 18.8. The Bertz CT molecular complexity index is 2650. The van der Waals surface area contributed by atoms with Crippen molar-refractivity contribution in [2.45, 2.75) is 142 Å². The lowest BCUT2D eigenvalue weighted by Crippen LogP contribution is -2.11. The van der Waals surface area contributed by atoms with Crippen molar-refractivity contribution in [1.29, 1.82) is 0 Å². The molecule has 0 unspecified atom stereocenters. The van der Waals surface area contributed by atoms with Crippen LogP contribution < -0.4 is 23.7 Å². The number of rotatable bonds is 34. The molecular weight excluding hydrogens is 939 g/mol. The van der Waals surface area contributed by atoms with E-state index < -0.39 is 17.9 Å². The maximum atomic E-state index is 13.1. The van der Waals surface area contributed by atoms with Crippen LogP contribution >= 0.6 is 0 Å². The number of carbonyl (C=O) groups is 3. The molecule has 0 aliphatic rings. The van der Waals surface area contributed by atoms with Gasteiger partial charge in [-0.3, -0.25) is 4.99 Å². The normalized spacial score (nSPS) is 11.2. The number of unbranched alkanes of at least 4 members (excludes halogenated alkanes) is 18. The van der Waals surface area contributed by atoms with E-state index in [0.717, 1.165) is 48.6 Å². The second-order valence-corrected chi connectivity index (χ2v) is 18.8. The van der Waals surface area contributed by atoms with Crippen LogP contribution in [0.2, 0.25) is 0 Å². The highest BCUT2D eigenvalue weighted by molar-refractivity contribution is 5.94. The van der Waals surface area contributed by atoms with Crippen molar-refractivity contribution in [2.75, 3.05) is 13.2 Å². The summed E-state index contributed by atoms with van der Waals surface area (Å²) in [5.74, 6) is 0.462. The van der Waals surface area contributed by atoms with E-state index >= 15 is 0 Å². The smallest absolute Gasteiger partial charge is 0.343 e. The first-order valence-corrected chi connectivity index (χ1v) is 27.3. The van der Waals surface area contributed by atoms with Gasteiger partial charge in [0, 0.05) is 12.3 Å². The fourth-order valence-corrected chi connectivity index (χ4v) is 8.19. The monoisotopic (exact) mass is 1010 g/mol. The van der Waals surface area contributed by atoms with Crippen molar-refractivity contribution in [3.63, 3.8) is 0 Å². The molecule has 6 aromatic carbocycles. The average molecular weight is 1010 g/mol. The molecule has 75 heavy (non-hydrogen) atoms. The molecule has 0 amide bonds. The van der Waals surface area contributed by atoms with Crippen LogP contribution in [0.25, 0.3) is 0 Å². The summed E-state index contributed by atoms with van der Waals surface area (Å²) < 4.78 is 28.5. The fraction of sp³-hybridized carbons (Fsp3) is 0.375. The Labute approximate surface area is 444 Å². The predicted octanol–water partition coefficient (Wildman–Crippen LogP) is 18.1. The summed E-state index contributed by atoms with van der Waals surface area (Å²) >= 11 is 0. The van der Waals surface area contributed by atoms with Gasteiger partial charge < -0.3 is 23.7 Å². The van der Waals surface area contributed by atoms with Crippen molar-refractivity contribution in [2.24, 2.45) is 15.2 Å². The van der Waals surface area contributed by atoms with Crippen LogP contribution in [0.15, 0.2) is 161 Å². The molecule has 0 aliphatic carbocycles. The van der Waals surface area contributed by atoms with Crippen LogP contribution in [0.3, 0.4) is 0 Å². The minimum absolute atomic E-state index is 0.185. The van der Waals surface area contributed by atoms with E-state index in [-0.39, 0.29) is 22.8 Å². The zero-order chi connectivity index (χ0) is 52.6. The standard InChI is InChI=1S/C64H75N3O8/c1-3-5-7-9-11-13-15-17-19-21-46-71-57-40-30-52(31-41-57)62(68)73-59-42-32-53(33-43-59)64(70)75-61-25-23-24-60(48-61)74-63(69)51-28-26-50(27-29-51)49-65-54-34-36-55(37-35-54)66-67-56-38-44-58(45-39-56)72-47-22-20-18-16-14-12-10-8-6-4-2/h23-45,48-49H,3-22,46-47H2,1-2H3. The number of benzene rings is 6. The lowest BCUT2D eigenvalue weighted by Gasteiger charge is -2.09. The molecule has 0 radical (unpaired) electrons. The number of esters is 3. The number of hydrogen-bond acceptors (Lipinski definition) is 11. The van der Waals surface area contributed by atoms with E-state index in [1.807, 2.05) is 48.5 Å². The molecular formula is C64H75N3O8. The van der Waals surface area contributed by atoms with Crippen molar-refractivity contribution in [3.05, 3.63) is 168 Å². The molecule has 0 spiro atoms. The van der Waals surface area contributed by atoms with Crippen LogP contribution in [0, 0.1) is 0 Å². The van der Waals surface area contributed by atoms with Crippen molar-refractivity contribution < 1.29 is 38.1 Å². The van der Waals surface area contributed by atoms with Crippen molar-refractivity contribution in [3.8, 4) is 28.7 Å². The van der Waals surface area contributed by atoms with Gasteiger partial charge in [-0.15, -0.1) is 0 Å². The third-order valence-electron chi connectivity index (χ3n) is 12.6. The maximum absolute atomic E-state index is 13.1. The van der Waals surface area contributed by atoms with Gasteiger partial charge in [-0.2, -0.15) is 10.2 Å². The highest BCUT2D eigenvalue weighted by Gasteiger charge is 2.14. The lowest BCUT2D eigenvalue weighted by atomic mass is 10.1. The third kappa shape index (κ3) is 21.9. The molecule has 0 fully saturated rings. The second kappa shape index (κ2) is 33.4. The largest absolute Gasteiger partial charge is 0.494 e. The lowest BCUT2D eigenvalue weighted by molar-refractivity contribution is 0.0723. The molecule has 6 aromatic rings. The van der Waals surface area contributed by atoms with Gasteiger partial charge in [-0.25, -0.2) is 14.4 Å². The fourth-order valence-electron chi connectivity index (χ4n) is 8.19. The summed E-state index contributed by atoms with van der Waals surface area (Å²) in [6.45, 7) is 5.87. The summed E-state index contributed by atoms with van der Waals surface area (Å²) in [5, 5.41) is 8.74. The quantitative estimate of drug-likeness (QED) is 0.0128. The minimum Gasteiger partial charge on any atom is -0.494 e. The van der Waals surface area contributed by atoms with Gasteiger partial charge in [0.1, 0.15) is 28.7 Å². The highest BCUT2D eigenvalue weighted by Crippen LogP contribution is 2.26. The number of aliphatic imine (C=N–C) groups is 1. The Balaban J connectivity index is 0.860. The van der Waals surface area contributed by atoms with E-state index in [1.54, 1.807) is 72.9 Å². The number of ether oxygens (including phenoxy) is 5. The van der Waals surface area contributed by atoms with Gasteiger partial charge in [0.25, 0.3) is 0 Å². The van der Waals surface area contributed by atoms with E-state index in [2.05, 4.69) is 29.1 Å². The summed E-state index contributed by atoms with van der Waals surface area (Å²) in [4.78, 5) is 43.5. The Morgan fingerprint density at radius 1 is 0.360 bits per heavy atom. The average Bonchev–Trinajstić information content (AvgIpc) is 3.44. The zero-order valence-electron chi connectivity index (χ0n) is 44.1. The maximum Gasteiger partial charge on any atom is 0.343 e. The first-order valence-electron chi connectivity index (χ1n) is 27.3. The molecule has 0 saturated carbocycles. The van der Waals surface area contributed by atoms with Crippen molar-refractivity contribution in [1.82, 2.24) is 0 Å². The van der Waals surface area contributed by atoms with Gasteiger partial charge in [-0.05, 0) is 140 Å². The van der Waals surface area contributed by atoms with Crippen LogP contribution in [0.5, 0.6) is 28.7 Å². The van der Waals surface area contributed by atoms with Gasteiger partial charge in [-0.1, -0.05) is 148 Å². The summed E-state index contributed by atoms with van der Waals surface area (Å²) in [6, 6.07) is 41.1. The number of hydrogen-bond donors (Lipinski definition) is 0. The van der Waals surface area contributed by atoms with Crippen LogP contribution in [0.1, 0.15) is 179 Å². The first kappa shape index (κ1) is 56.9. The minimum atomic E-state index is -0.638. The summed E-state index contributed by atoms with van der Waals surface area (Å²) in [6.07, 6.45) is 27.4. The van der Waals surface area contributed by atoms with Gasteiger partial charge in [0.15, 0.2) is 0 Å². The third-order valence-corrected chi connectivity index (χ3v) is 12.6. The van der Waals surface area contributed by atoms with Gasteiger partial charge in [0.2, 0.25) is 0 Å². The molecule has 0 bridgehead atoms. The predicted molar refractivity (Wildman–Crippen MR) is 300 cm³/mol. The van der Waals surface area contributed by atoms with E-state index in [9.17, 15) is 14.4 Å². The number of azo groups is 1. The van der Waals surface area contributed by atoms with Crippen LogP contribution in [0.4, 0.5) is 17.1 Å². The zero-order valence-corrected chi connectivity index (χ0v) is 44.1. The molecule has 0 N–H and O–H groups in total. The molecule has 394 valence electrons. The Kier molecular flexibility index (Phi) is 25.4. The molecule has 0 atom stereocenters. The summed E-state index contributed by atoms with van der Waals surface area (Å²) in [5.41, 5.74) is 3.91. The molecule has 0 heterocycles. The molecule has 11 nitrogen and oxygen atoms in total. The number of nitrogens with zero attached hydrogens (tertiary/aromatic N) is 3. The van der Waals surface area contributed by atoms with Gasteiger partial charge in [0.05, 0.1) is 47.0 Å². The topological polar surface area (TPSA) is 134 Å². The number of carbonyl (C=O) groups excluding carboxylic acids is 3. The van der Waals surface area contributed by atoms with E-state index in [0.29, 0.717) is 29.2 Å².